The molecule has 0 saturated heterocycles. The zero-order chi connectivity index (χ0) is 43.5. The van der Waals surface area contributed by atoms with Crippen molar-refractivity contribution in [1.29, 1.82) is 0 Å². The molecule has 64 heavy (non-hydrogen) atoms. The van der Waals surface area contributed by atoms with E-state index in [2.05, 4.69) is 59.5 Å². The highest BCUT2D eigenvalue weighted by Gasteiger charge is 2.31. The van der Waals surface area contributed by atoms with Gasteiger partial charge in [-0.05, 0) is 138 Å². The molecule has 0 spiro atoms. The molecule has 3 aliphatic heterocycles. The Kier molecular flexibility index (Phi) is 8.00. The minimum absolute atomic E-state index is 0.580. The van der Waals surface area contributed by atoms with Crippen molar-refractivity contribution in [3.8, 4) is 45.2 Å². The second kappa shape index (κ2) is 13.5. The molecule has 0 atom stereocenters. The van der Waals surface area contributed by atoms with Crippen LogP contribution in [0.25, 0.3) is 67.4 Å². The number of aromatic nitrogens is 2. The molecule has 7 aromatic carbocycles. The molecule has 3 aliphatic rings. The van der Waals surface area contributed by atoms with Gasteiger partial charge in [0.05, 0.1) is 33.1 Å². The van der Waals surface area contributed by atoms with Crippen LogP contribution in [0.4, 0.5) is 17.1 Å². The van der Waals surface area contributed by atoms with Crippen molar-refractivity contribution >= 4 is 39.3 Å². The summed E-state index contributed by atoms with van der Waals surface area (Å²) in [6, 6.07) is 46.9. The number of hydrogen-bond acceptors (Lipinski definition) is 11. The molecule has 0 radical (unpaired) electrons. The maximum atomic E-state index is 6.09. The van der Waals surface area contributed by atoms with E-state index in [0.29, 0.717) is 11.8 Å². The van der Waals surface area contributed by atoms with Crippen LogP contribution in [0.3, 0.4) is 0 Å². The van der Waals surface area contributed by atoms with Gasteiger partial charge in [-0.2, -0.15) is 0 Å². The molecule has 11 nitrogen and oxygen atoms in total. The first-order valence-electron chi connectivity index (χ1n) is 21.4. The molecule has 0 N–H and O–H groups in total. The van der Waals surface area contributed by atoms with Crippen molar-refractivity contribution in [2.45, 2.75) is 58.5 Å². The smallest absolute Gasteiger partial charge is 0.227 e. The maximum absolute atomic E-state index is 6.09. The lowest BCUT2D eigenvalue weighted by Crippen LogP contribution is -2.38. The fourth-order valence-corrected chi connectivity index (χ4v) is 9.02. The van der Waals surface area contributed by atoms with Crippen LogP contribution in [0.2, 0.25) is 0 Å². The standard InChI is InChI=1S/C53H41N9O2/c1-51(2)56-38-14-11-15-39(46(38)59-51)62(40-28-26-34(44-47(40)60-52(3,4)57-44)30-18-22-32(23-19-30)49-54-36-12-7-9-16-42(36)63-49)41-29-27-35(45-48(41)61-53(5,6)58-45)31-20-24-33(25-21-31)50-55-37-13-8-10-17-43(37)64-50/h7-29H,1-6H3. The molecule has 0 amide bonds. The molecule has 2 aromatic heterocycles. The largest absolute Gasteiger partial charge is 0.436 e. The van der Waals surface area contributed by atoms with E-state index < -0.39 is 17.0 Å². The normalized spacial score (nSPS) is 15.8. The fourth-order valence-electron chi connectivity index (χ4n) is 9.02. The van der Waals surface area contributed by atoms with Crippen LogP contribution in [0.1, 0.15) is 41.5 Å². The Morgan fingerprint density at radius 2 is 0.766 bits per heavy atom. The van der Waals surface area contributed by atoms with Crippen molar-refractivity contribution in [2.24, 2.45) is 30.0 Å². The molecule has 5 heterocycles. The Morgan fingerprint density at radius 1 is 0.359 bits per heavy atom. The van der Waals surface area contributed by atoms with Crippen LogP contribution in [0, 0.1) is 0 Å². The van der Waals surface area contributed by atoms with E-state index in [-0.39, 0.29) is 0 Å². The van der Waals surface area contributed by atoms with Gasteiger partial charge < -0.3 is 13.7 Å². The number of nitrogens with zero attached hydrogens (tertiary/aromatic N) is 9. The van der Waals surface area contributed by atoms with E-state index in [0.717, 1.165) is 105 Å². The van der Waals surface area contributed by atoms with E-state index >= 15 is 0 Å². The minimum Gasteiger partial charge on any atom is -0.436 e. The SMILES string of the molecule is CC1(C)N=c2cccc(N(c3ccc(-c4ccc(-c5nc6ccccc6o5)cc4)c4c3=NC(C)(C)N=4)c3ccc(-c4ccc(-c5nc6ccccc6o5)cc4)c4c3=NC(C)(C)N=4)c2=N1. The van der Waals surface area contributed by atoms with Crippen molar-refractivity contribution in [3.63, 3.8) is 0 Å². The van der Waals surface area contributed by atoms with Crippen LogP contribution in [-0.4, -0.2) is 27.0 Å². The van der Waals surface area contributed by atoms with E-state index in [9.17, 15) is 0 Å². The number of benzene rings is 7. The van der Waals surface area contributed by atoms with Crippen LogP contribution < -0.4 is 37.0 Å². The summed E-state index contributed by atoms with van der Waals surface area (Å²) in [7, 11) is 0. The van der Waals surface area contributed by atoms with Crippen molar-refractivity contribution in [3.05, 3.63) is 172 Å². The van der Waals surface area contributed by atoms with Gasteiger partial charge in [0.1, 0.15) is 44.1 Å². The van der Waals surface area contributed by atoms with Gasteiger partial charge in [-0.3, -0.25) is 30.0 Å². The molecule has 9 aromatic rings. The Balaban J connectivity index is 1.03. The number of para-hydroxylation sites is 5. The Bertz CT molecular complexity index is 3550. The van der Waals surface area contributed by atoms with Crippen molar-refractivity contribution in [2.75, 3.05) is 4.90 Å². The highest BCUT2D eigenvalue weighted by molar-refractivity contribution is 5.82. The zero-order valence-corrected chi connectivity index (χ0v) is 36.1. The highest BCUT2D eigenvalue weighted by atomic mass is 16.4. The second-order valence-corrected chi connectivity index (χ2v) is 17.9. The van der Waals surface area contributed by atoms with Gasteiger partial charge in [-0.25, -0.2) is 9.97 Å². The van der Waals surface area contributed by atoms with Crippen molar-refractivity contribution in [1.82, 2.24) is 9.97 Å². The highest BCUT2D eigenvalue weighted by Crippen LogP contribution is 2.34. The molecular formula is C53H41N9O2. The number of oxazole rings is 2. The van der Waals surface area contributed by atoms with Crippen LogP contribution in [0.15, 0.2) is 178 Å². The fraction of sp³-hybridized carbons (Fsp3) is 0.170. The third-order valence-corrected chi connectivity index (χ3v) is 11.8. The Labute approximate surface area is 367 Å². The topological polar surface area (TPSA) is 129 Å². The summed E-state index contributed by atoms with van der Waals surface area (Å²) >= 11 is 0. The van der Waals surface area contributed by atoms with Gasteiger partial charge in [-0.1, -0.05) is 54.6 Å². The predicted molar refractivity (Wildman–Crippen MR) is 247 cm³/mol. The molecule has 310 valence electrons. The molecular weight excluding hydrogens is 795 g/mol. The number of hydrogen-bond donors (Lipinski definition) is 0. The Morgan fingerprint density at radius 3 is 1.25 bits per heavy atom. The van der Waals surface area contributed by atoms with Gasteiger partial charge in [-0.15, -0.1) is 0 Å². The lowest BCUT2D eigenvalue weighted by atomic mass is 10.0. The molecule has 0 aliphatic carbocycles. The monoisotopic (exact) mass is 835 g/mol. The number of rotatable bonds is 7. The predicted octanol–water partition coefficient (Wildman–Crippen LogP) is 9.07. The summed E-state index contributed by atoms with van der Waals surface area (Å²) in [5, 5.41) is 4.81. The molecule has 12 rings (SSSR count). The van der Waals surface area contributed by atoms with Gasteiger partial charge in [0.15, 0.2) is 11.2 Å². The van der Waals surface area contributed by atoms with Crippen molar-refractivity contribution < 1.29 is 8.83 Å². The van der Waals surface area contributed by atoms with Crippen LogP contribution >= 0.6 is 0 Å². The molecule has 0 unspecified atom stereocenters. The quantitative estimate of drug-likeness (QED) is 0.158. The maximum Gasteiger partial charge on any atom is 0.227 e. The summed E-state index contributed by atoms with van der Waals surface area (Å²) in [4.78, 5) is 43.1. The van der Waals surface area contributed by atoms with Gasteiger partial charge in [0, 0.05) is 22.3 Å². The lowest BCUT2D eigenvalue weighted by Gasteiger charge is -2.26. The van der Waals surface area contributed by atoms with Gasteiger partial charge in [0.2, 0.25) is 11.8 Å². The second-order valence-electron chi connectivity index (χ2n) is 17.9. The summed E-state index contributed by atoms with van der Waals surface area (Å²) in [6.45, 7) is 12.2. The first kappa shape index (κ1) is 37.8. The van der Waals surface area contributed by atoms with Gasteiger partial charge >= 0.3 is 0 Å². The third-order valence-electron chi connectivity index (χ3n) is 11.8. The first-order valence-corrected chi connectivity index (χ1v) is 21.4. The van der Waals surface area contributed by atoms with Gasteiger partial charge in [0.25, 0.3) is 0 Å². The van der Waals surface area contributed by atoms with E-state index in [1.54, 1.807) is 0 Å². The summed E-state index contributed by atoms with van der Waals surface area (Å²) in [5.74, 6) is 1.16. The third kappa shape index (κ3) is 6.25. The molecule has 0 saturated carbocycles. The first-order chi connectivity index (χ1) is 30.9. The summed E-state index contributed by atoms with van der Waals surface area (Å²) in [5.41, 5.74) is 9.42. The number of fused-ring (bicyclic) bond motifs is 5. The molecule has 11 heteroatoms. The minimum atomic E-state index is -0.713. The van der Waals surface area contributed by atoms with E-state index in [4.69, 9.17) is 48.8 Å². The summed E-state index contributed by atoms with van der Waals surface area (Å²) in [6.07, 6.45) is 0. The average Bonchev–Trinajstić information content (AvgIpc) is 4.10. The zero-order valence-electron chi connectivity index (χ0n) is 36.1. The average molecular weight is 836 g/mol. The van der Waals surface area contributed by atoms with E-state index in [1.807, 2.05) is 126 Å². The molecule has 0 fully saturated rings. The molecule has 0 bridgehead atoms. The van der Waals surface area contributed by atoms with Crippen LogP contribution in [-0.2, 0) is 0 Å². The number of anilines is 3. The Hall–Kier alpha value is -7.92. The lowest BCUT2D eigenvalue weighted by molar-refractivity contribution is 0.549. The van der Waals surface area contributed by atoms with E-state index in [1.165, 1.54) is 0 Å². The summed E-state index contributed by atoms with van der Waals surface area (Å²) < 4.78 is 12.2. The van der Waals surface area contributed by atoms with Crippen LogP contribution in [0.5, 0.6) is 0 Å².